The Morgan fingerprint density at radius 2 is 1.89 bits per heavy atom. The van der Waals surface area contributed by atoms with Crippen molar-refractivity contribution in [1.82, 2.24) is 15.2 Å². The molecule has 1 aliphatic rings. The zero-order valence-corrected chi connectivity index (χ0v) is 16.1. The molecular weight excluding hydrogens is 362 g/mol. The highest BCUT2D eigenvalue weighted by Gasteiger charge is 2.21. The van der Waals surface area contributed by atoms with Crippen molar-refractivity contribution in [2.75, 3.05) is 44.2 Å². The number of hydrogen-bond acceptors (Lipinski definition) is 6. The summed E-state index contributed by atoms with van der Waals surface area (Å²) in [5, 5.41) is 5.36. The van der Waals surface area contributed by atoms with E-state index in [1.807, 2.05) is 23.1 Å². The van der Waals surface area contributed by atoms with Gasteiger partial charge in [-0.2, -0.15) is 0 Å². The summed E-state index contributed by atoms with van der Waals surface area (Å²) < 4.78 is 0. The van der Waals surface area contributed by atoms with Crippen LogP contribution in [0.5, 0.6) is 0 Å². The fourth-order valence-electron chi connectivity index (χ4n) is 3.04. The van der Waals surface area contributed by atoms with Gasteiger partial charge in [-0.1, -0.05) is 18.2 Å². The molecule has 8 heteroatoms. The number of nitrogens with one attached hydrogen (secondary N) is 1. The maximum Gasteiger partial charge on any atom is 0.270 e. The molecule has 1 saturated heterocycles. The van der Waals surface area contributed by atoms with E-state index in [4.69, 9.17) is 5.73 Å². The van der Waals surface area contributed by atoms with E-state index in [1.165, 1.54) is 17.0 Å². The summed E-state index contributed by atoms with van der Waals surface area (Å²) in [5.74, 6) is -0.165. The van der Waals surface area contributed by atoms with E-state index in [-0.39, 0.29) is 11.8 Å². The first-order valence-electron chi connectivity index (χ1n) is 9.18. The Morgan fingerprint density at radius 3 is 2.59 bits per heavy atom. The quantitative estimate of drug-likeness (QED) is 0.743. The van der Waals surface area contributed by atoms with Crippen LogP contribution < -0.4 is 16.0 Å². The Bertz CT molecular complexity index is 756. The SMILES string of the molecule is NCCc1nc(C(=O)NCCC(=O)N2CCN(c3ccccc3)CC2)cs1. The molecule has 0 spiro atoms. The first-order valence-corrected chi connectivity index (χ1v) is 10.1. The van der Waals surface area contributed by atoms with Gasteiger partial charge in [-0.05, 0) is 18.7 Å². The van der Waals surface area contributed by atoms with Gasteiger partial charge in [0.25, 0.3) is 5.91 Å². The molecule has 3 rings (SSSR count). The van der Waals surface area contributed by atoms with Crippen LogP contribution in [-0.2, 0) is 11.2 Å². The molecule has 2 aromatic rings. The van der Waals surface area contributed by atoms with Crippen LogP contribution in [0.4, 0.5) is 5.69 Å². The number of piperazine rings is 1. The van der Waals surface area contributed by atoms with E-state index in [1.54, 1.807) is 5.38 Å². The molecule has 0 saturated carbocycles. The van der Waals surface area contributed by atoms with Gasteiger partial charge >= 0.3 is 0 Å². The van der Waals surface area contributed by atoms with Gasteiger partial charge in [0.15, 0.2) is 0 Å². The van der Waals surface area contributed by atoms with Gasteiger partial charge in [-0.15, -0.1) is 11.3 Å². The van der Waals surface area contributed by atoms with E-state index in [0.29, 0.717) is 44.7 Å². The minimum Gasteiger partial charge on any atom is -0.368 e. The Kier molecular flexibility index (Phi) is 6.78. The fraction of sp³-hybridized carbons (Fsp3) is 0.421. The van der Waals surface area contributed by atoms with Crippen LogP contribution in [0, 0.1) is 0 Å². The first kappa shape index (κ1) is 19.3. The van der Waals surface area contributed by atoms with Crippen LogP contribution in [-0.4, -0.2) is 61.0 Å². The molecule has 0 unspecified atom stereocenters. The monoisotopic (exact) mass is 387 g/mol. The van der Waals surface area contributed by atoms with Gasteiger partial charge in [0.2, 0.25) is 5.91 Å². The van der Waals surface area contributed by atoms with E-state index in [9.17, 15) is 9.59 Å². The van der Waals surface area contributed by atoms with Crippen LogP contribution in [0.25, 0.3) is 0 Å². The van der Waals surface area contributed by atoms with Crippen molar-refractivity contribution in [2.24, 2.45) is 5.73 Å². The number of aromatic nitrogens is 1. The highest BCUT2D eigenvalue weighted by atomic mass is 32.1. The van der Waals surface area contributed by atoms with Crippen molar-refractivity contribution in [3.05, 3.63) is 46.4 Å². The Hall–Kier alpha value is -2.45. The summed E-state index contributed by atoms with van der Waals surface area (Å²) in [5.41, 5.74) is 7.08. The Labute approximate surface area is 163 Å². The van der Waals surface area contributed by atoms with E-state index < -0.39 is 0 Å². The molecule has 27 heavy (non-hydrogen) atoms. The number of anilines is 1. The molecule has 7 nitrogen and oxygen atoms in total. The van der Waals surface area contributed by atoms with Crippen LogP contribution >= 0.6 is 11.3 Å². The molecule has 0 aliphatic carbocycles. The molecule has 144 valence electrons. The lowest BCUT2D eigenvalue weighted by Crippen LogP contribution is -2.49. The number of nitrogens with two attached hydrogens (primary N) is 1. The second-order valence-corrected chi connectivity index (χ2v) is 7.32. The molecule has 1 fully saturated rings. The zero-order chi connectivity index (χ0) is 19.1. The minimum atomic E-state index is -0.240. The number of nitrogens with zero attached hydrogens (tertiary/aromatic N) is 3. The number of amides is 2. The van der Waals surface area contributed by atoms with E-state index in [0.717, 1.165) is 18.1 Å². The molecule has 1 aliphatic heterocycles. The predicted molar refractivity (Wildman–Crippen MR) is 107 cm³/mol. The van der Waals surface area contributed by atoms with Crippen molar-refractivity contribution in [2.45, 2.75) is 12.8 Å². The van der Waals surface area contributed by atoms with Crippen LogP contribution in [0.3, 0.4) is 0 Å². The molecule has 0 bridgehead atoms. The molecule has 1 aromatic carbocycles. The number of benzene rings is 1. The smallest absolute Gasteiger partial charge is 0.270 e. The van der Waals surface area contributed by atoms with Gasteiger partial charge in [0, 0.05) is 56.6 Å². The lowest BCUT2D eigenvalue weighted by Gasteiger charge is -2.36. The van der Waals surface area contributed by atoms with Gasteiger partial charge < -0.3 is 20.9 Å². The number of hydrogen-bond donors (Lipinski definition) is 2. The number of carbonyl (C=O) groups is 2. The van der Waals surface area contributed by atoms with Crippen molar-refractivity contribution >= 4 is 28.8 Å². The second-order valence-electron chi connectivity index (χ2n) is 6.37. The van der Waals surface area contributed by atoms with Crippen molar-refractivity contribution in [1.29, 1.82) is 0 Å². The average Bonchev–Trinajstić information content (AvgIpc) is 3.18. The predicted octanol–water partition coefficient (Wildman–Crippen LogP) is 1.11. The summed E-state index contributed by atoms with van der Waals surface area (Å²) in [6.45, 7) is 3.89. The van der Waals surface area contributed by atoms with Gasteiger partial charge in [-0.3, -0.25) is 9.59 Å². The van der Waals surface area contributed by atoms with E-state index >= 15 is 0 Å². The Morgan fingerprint density at radius 1 is 1.15 bits per heavy atom. The maximum absolute atomic E-state index is 12.4. The zero-order valence-electron chi connectivity index (χ0n) is 15.3. The minimum absolute atomic E-state index is 0.0742. The number of thiazole rings is 1. The summed E-state index contributed by atoms with van der Waals surface area (Å²) in [7, 11) is 0. The second kappa shape index (κ2) is 9.48. The fourth-order valence-corrected chi connectivity index (χ4v) is 3.83. The normalized spacial score (nSPS) is 14.3. The first-order chi connectivity index (χ1) is 13.2. The molecule has 0 radical (unpaired) electrons. The van der Waals surface area contributed by atoms with Crippen LogP contribution in [0.2, 0.25) is 0 Å². The third kappa shape index (κ3) is 5.27. The molecule has 0 atom stereocenters. The van der Waals surface area contributed by atoms with Crippen molar-refractivity contribution in [3.8, 4) is 0 Å². The van der Waals surface area contributed by atoms with Crippen molar-refractivity contribution < 1.29 is 9.59 Å². The standard InChI is InChI=1S/C19H25N5O2S/c20-8-6-17-22-16(14-27-17)19(26)21-9-7-18(25)24-12-10-23(11-13-24)15-4-2-1-3-5-15/h1-5,14H,6-13,20H2,(H,21,26). The van der Waals surface area contributed by atoms with Crippen molar-refractivity contribution in [3.63, 3.8) is 0 Å². The Balaban J connectivity index is 1.39. The molecule has 2 heterocycles. The topological polar surface area (TPSA) is 91.6 Å². The number of rotatable bonds is 7. The maximum atomic E-state index is 12.4. The number of para-hydroxylation sites is 1. The van der Waals surface area contributed by atoms with Gasteiger partial charge in [0.05, 0.1) is 5.01 Å². The third-order valence-corrected chi connectivity index (χ3v) is 5.43. The van der Waals surface area contributed by atoms with Crippen LogP contribution in [0.15, 0.2) is 35.7 Å². The molecule has 1 aromatic heterocycles. The average molecular weight is 388 g/mol. The number of carbonyl (C=O) groups excluding carboxylic acids is 2. The summed E-state index contributed by atoms with van der Waals surface area (Å²) in [6, 6.07) is 10.2. The molecule has 3 N–H and O–H groups in total. The highest BCUT2D eigenvalue weighted by Crippen LogP contribution is 2.16. The molecule has 2 amide bonds. The highest BCUT2D eigenvalue weighted by molar-refractivity contribution is 7.09. The lowest BCUT2D eigenvalue weighted by molar-refractivity contribution is -0.131. The lowest BCUT2D eigenvalue weighted by atomic mass is 10.2. The largest absolute Gasteiger partial charge is 0.368 e. The summed E-state index contributed by atoms with van der Waals surface area (Å²) >= 11 is 1.43. The van der Waals surface area contributed by atoms with Gasteiger partial charge in [-0.25, -0.2) is 4.98 Å². The van der Waals surface area contributed by atoms with Gasteiger partial charge in [0.1, 0.15) is 5.69 Å². The summed E-state index contributed by atoms with van der Waals surface area (Å²) in [4.78, 5) is 32.9. The third-order valence-electron chi connectivity index (χ3n) is 4.52. The van der Waals surface area contributed by atoms with Crippen LogP contribution in [0.1, 0.15) is 21.9 Å². The van der Waals surface area contributed by atoms with E-state index in [2.05, 4.69) is 27.3 Å². The molecular formula is C19H25N5O2S. The summed E-state index contributed by atoms with van der Waals surface area (Å²) in [6.07, 6.45) is 0.974.